The molecule has 1 N–H and O–H groups in total. The molecular formula is C14H15N3O2. The summed E-state index contributed by atoms with van der Waals surface area (Å²) in [6, 6.07) is 8.89. The number of nitriles is 1. The van der Waals surface area contributed by atoms with E-state index in [-0.39, 0.29) is 24.4 Å². The van der Waals surface area contributed by atoms with E-state index in [1.54, 1.807) is 24.3 Å². The molecule has 0 aromatic heterocycles. The second-order valence-corrected chi connectivity index (χ2v) is 4.61. The van der Waals surface area contributed by atoms with Gasteiger partial charge in [0.25, 0.3) is 0 Å². The molecular weight excluding hydrogens is 242 g/mol. The van der Waals surface area contributed by atoms with Crippen molar-refractivity contribution in [1.82, 2.24) is 5.32 Å². The third-order valence-electron chi connectivity index (χ3n) is 2.93. The molecule has 5 heteroatoms. The fourth-order valence-electron chi connectivity index (χ4n) is 1.74. The lowest BCUT2D eigenvalue weighted by atomic mass is 10.2. The Bertz CT molecular complexity index is 527. The third kappa shape index (κ3) is 3.55. The van der Waals surface area contributed by atoms with Gasteiger partial charge in [0.15, 0.2) is 0 Å². The molecule has 98 valence electrons. The van der Waals surface area contributed by atoms with Gasteiger partial charge in [0.2, 0.25) is 11.8 Å². The van der Waals surface area contributed by atoms with E-state index >= 15 is 0 Å². The number of carbonyl (C=O) groups excluding carboxylic acids is 2. The summed E-state index contributed by atoms with van der Waals surface area (Å²) in [5.74, 6) is -0.349. The highest BCUT2D eigenvalue weighted by Crippen LogP contribution is 2.19. The highest BCUT2D eigenvalue weighted by Gasteiger charge is 2.25. The fourth-order valence-corrected chi connectivity index (χ4v) is 1.74. The van der Waals surface area contributed by atoms with Gasteiger partial charge in [0.05, 0.1) is 11.6 Å². The molecule has 1 fully saturated rings. The first-order valence-corrected chi connectivity index (χ1v) is 6.18. The Morgan fingerprint density at radius 1 is 1.37 bits per heavy atom. The standard InChI is InChI=1S/C14H15N3O2/c1-10(18)17(9-14(19)16-12-4-5-12)13-6-2-11(8-15)3-7-13/h2-3,6-7,12H,4-5,9H2,1H3,(H,16,19). The Labute approximate surface area is 111 Å². The third-order valence-corrected chi connectivity index (χ3v) is 2.93. The van der Waals surface area contributed by atoms with Crippen molar-refractivity contribution >= 4 is 17.5 Å². The minimum Gasteiger partial charge on any atom is -0.352 e. The van der Waals surface area contributed by atoms with Crippen LogP contribution in [0.5, 0.6) is 0 Å². The average molecular weight is 257 g/mol. The quantitative estimate of drug-likeness (QED) is 0.880. The SMILES string of the molecule is CC(=O)N(CC(=O)NC1CC1)c1ccc(C#N)cc1. The summed E-state index contributed by atoms with van der Waals surface area (Å²) in [5, 5.41) is 11.6. The van der Waals surface area contributed by atoms with Crippen molar-refractivity contribution in [3.63, 3.8) is 0 Å². The minimum absolute atomic E-state index is 0.0116. The molecule has 2 rings (SSSR count). The predicted octanol–water partition coefficient (Wildman–Crippen LogP) is 1.19. The van der Waals surface area contributed by atoms with Crippen LogP contribution < -0.4 is 10.2 Å². The zero-order valence-corrected chi connectivity index (χ0v) is 10.7. The van der Waals surface area contributed by atoms with Crippen LogP contribution in [0.15, 0.2) is 24.3 Å². The maximum atomic E-state index is 11.7. The second-order valence-electron chi connectivity index (χ2n) is 4.61. The topological polar surface area (TPSA) is 73.2 Å². The molecule has 1 saturated carbocycles. The molecule has 0 radical (unpaired) electrons. The summed E-state index contributed by atoms with van der Waals surface area (Å²) >= 11 is 0. The van der Waals surface area contributed by atoms with Crippen molar-refractivity contribution in [2.75, 3.05) is 11.4 Å². The molecule has 1 aromatic carbocycles. The molecule has 0 atom stereocenters. The molecule has 0 spiro atoms. The molecule has 0 unspecified atom stereocenters. The Morgan fingerprint density at radius 3 is 2.47 bits per heavy atom. The first-order valence-electron chi connectivity index (χ1n) is 6.18. The van der Waals surface area contributed by atoms with Crippen molar-refractivity contribution in [2.24, 2.45) is 0 Å². The lowest BCUT2D eigenvalue weighted by Crippen LogP contribution is -2.40. The molecule has 0 saturated heterocycles. The molecule has 0 aliphatic heterocycles. The van der Waals surface area contributed by atoms with Crippen molar-refractivity contribution in [1.29, 1.82) is 5.26 Å². The van der Waals surface area contributed by atoms with E-state index in [0.717, 1.165) is 12.8 Å². The van der Waals surface area contributed by atoms with E-state index in [4.69, 9.17) is 5.26 Å². The first kappa shape index (κ1) is 13.1. The Hall–Kier alpha value is -2.35. The Morgan fingerprint density at radius 2 is 2.00 bits per heavy atom. The molecule has 1 aliphatic rings. The molecule has 0 bridgehead atoms. The monoisotopic (exact) mass is 257 g/mol. The van der Waals surface area contributed by atoms with Crippen molar-refractivity contribution < 1.29 is 9.59 Å². The van der Waals surface area contributed by atoms with Crippen molar-refractivity contribution in [2.45, 2.75) is 25.8 Å². The molecule has 0 heterocycles. The molecule has 5 nitrogen and oxygen atoms in total. The van der Waals surface area contributed by atoms with Crippen LogP contribution in [0.1, 0.15) is 25.3 Å². The summed E-state index contributed by atoms with van der Waals surface area (Å²) in [6.07, 6.45) is 2.03. The van der Waals surface area contributed by atoms with Gasteiger partial charge in [0, 0.05) is 18.7 Å². The Kier molecular flexibility index (Phi) is 3.81. The minimum atomic E-state index is -0.198. The van der Waals surface area contributed by atoms with E-state index in [1.807, 2.05) is 6.07 Å². The number of rotatable bonds is 4. The highest BCUT2D eigenvalue weighted by atomic mass is 16.2. The van der Waals surface area contributed by atoms with Gasteiger partial charge < -0.3 is 10.2 Å². The smallest absolute Gasteiger partial charge is 0.240 e. The number of anilines is 1. The van der Waals surface area contributed by atoms with Gasteiger partial charge in [-0.2, -0.15) is 5.26 Å². The summed E-state index contributed by atoms with van der Waals surface area (Å²) in [7, 11) is 0. The van der Waals surface area contributed by atoms with E-state index in [9.17, 15) is 9.59 Å². The van der Waals surface area contributed by atoms with Crippen LogP contribution in [-0.4, -0.2) is 24.4 Å². The molecule has 1 aliphatic carbocycles. The number of amides is 2. The van der Waals surface area contributed by atoms with Gasteiger partial charge in [-0.25, -0.2) is 0 Å². The van der Waals surface area contributed by atoms with E-state index < -0.39 is 0 Å². The lowest BCUT2D eigenvalue weighted by molar-refractivity contribution is -0.123. The van der Waals surface area contributed by atoms with Crippen LogP contribution in [0.2, 0.25) is 0 Å². The van der Waals surface area contributed by atoms with Gasteiger partial charge in [0.1, 0.15) is 6.54 Å². The van der Waals surface area contributed by atoms with Crippen LogP contribution in [0.25, 0.3) is 0 Å². The maximum Gasteiger partial charge on any atom is 0.240 e. The molecule has 2 amide bonds. The second kappa shape index (κ2) is 5.53. The van der Waals surface area contributed by atoms with E-state index in [2.05, 4.69) is 5.32 Å². The summed E-state index contributed by atoms with van der Waals surface area (Å²) < 4.78 is 0. The van der Waals surface area contributed by atoms with Crippen LogP contribution in [0.3, 0.4) is 0 Å². The van der Waals surface area contributed by atoms with Gasteiger partial charge >= 0.3 is 0 Å². The van der Waals surface area contributed by atoms with E-state index in [1.165, 1.54) is 11.8 Å². The number of hydrogen-bond donors (Lipinski definition) is 1. The van der Waals surface area contributed by atoms with Crippen LogP contribution in [0, 0.1) is 11.3 Å². The summed E-state index contributed by atoms with van der Waals surface area (Å²) in [6.45, 7) is 1.43. The largest absolute Gasteiger partial charge is 0.352 e. The average Bonchev–Trinajstić information content (AvgIpc) is 3.20. The first-order chi connectivity index (χ1) is 9.10. The normalized spacial score (nSPS) is 13.5. The molecule has 19 heavy (non-hydrogen) atoms. The Balaban J connectivity index is 2.07. The number of carbonyl (C=O) groups is 2. The number of nitrogens with zero attached hydrogens (tertiary/aromatic N) is 2. The fraction of sp³-hybridized carbons (Fsp3) is 0.357. The number of benzene rings is 1. The summed E-state index contributed by atoms with van der Waals surface area (Å²) in [4.78, 5) is 24.8. The van der Waals surface area contributed by atoms with Gasteiger partial charge in [-0.1, -0.05) is 0 Å². The van der Waals surface area contributed by atoms with Crippen molar-refractivity contribution in [3.05, 3.63) is 29.8 Å². The van der Waals surface area contributed by atoms with E-state index in [0.29, 0.717) is 11.3 Å². The number of hydrogen-bond acceptors (Lipinski definition) is 3. The van der Waals surface area contributed by atoms with Crippen LogP contribution in [-0.2, 0) is 9.59 Å². The maximum absolute atomic E-state index is 11.7. The summed E-state index contributed by atoms with van der Waals surface area (Å²) in [5.41, 5.74) is 1.15. The zero-order valence-electron chi connectivity index (χ0n) is 10.7. The van der Waals surface area contributed by atoms with Gasteiger partial charge in [-0.3, -0.25) is 9.59 Å². The van der Waals surface area contributed by atoms with Crippen LogP contribution >= 0.6 is 0 Å². The van der Waals surface area contributed by atoms with Gasteiger partial charge in [-0.15, -0.1) is 0 Å². The van der Waals surface area contributed by atoms with Gasteiger partial charge in [-0.05, 0) is 37.1 Å². The number of nitrogens with one attached hydrogen (secondary N) is 1. The lowest BCUT2D eigenvalue weighted by Gasteiger charge is -2.20. The molecule has 1 aromatic rings. The highest BCUT2D eigenvalue weighted by molar-refractivity contribution is 5.97. The van der Waals surface area contributed by atoms with Crippen LogP contribution in [0.4, 0.5) is 5.69 Å². The van der Waals surface area contributed by atoms with Crippen molar-refractivity contribution in [3.8, 4) is 6.07 Å². The zero-order chi connectivity index (χ0) is 13.8. The predicted molar refractivity (Wildman–Crippen MR) is 70.3 cm³/mol.